The minimum Gasteiger partial charge on any atom is -0.454 e. The topological polar surface area (TPSA) is 98.5 Å². The minimum atomic E-state index is -0.862. The Bertz CT molecular complexity index is 892. The van der Waals surface area contributed by atoms with Crippen molar-refractivity contribution >= 4 is 35.2 Å². The standard InChI is InChI=1S/C20H22N2O5S/c1-12-8-17(22-27-12)21-18(23)10-28-11-19(24)26-13(2)20(25)16-7-6-14-4-3-5-15(14)9-16/h6-9,13H,3-5,10-11H2,1-2H3,(H,21,22,23)/t13-/m1/s1. The molecule has 0 radical (unpaired) electrons. The Labute approximate surface area is 167 Å². The third kappa shape index (κ3) is 5.22. The Morgan fingerprint density at radius 3 is 2.75 bits per heavy atom. The summed E-state index contributed by atoms with van der Waals surface area (Å²) in [6, 6.07) is 7.28. The molecule has 28 heavy (non-hydrogen) atoms. The third-order valence-electron chi connectivity index (χ3n) is 4.41. The van der Waals surface area contributed by atoms with Gasteiger partial charge in [-0.15, -0.1) is 11.8 Å². The van der Waals surface area contributed by atoms with E-state index in [0.29, 0.717) is 17.1 Å². The number of rotatable bonds is 8. The van der Waals surface area contributed by atoms with E-state index in [-0.39, 0.29) is 23.2 Å². The lowest BCUT2D eigenvalue weighted by atomic mass is 10.0. The number of ketones is 1. The van der Waals surface area contributed by atoms with Crippen molar-refractivity contribution in [3.63, 3.8) is 0 Å². The van der Waals surface area contributed by atoms with Crippen molar-refractivity contribution in [2.45, 2.75) is 39.2 Å². The molecule has 1 atom stereocenters. The summed E-state index contributed by atoms with van der Waals surface area (Å²) in [5, 5.41) is 6.23. The number of nitrogens with one attached hydrogen (secondary N) is 1. The van der Waals surface area contributed by atoms with E-state index in [1.165, 1.54) is 11.1 Å². The van der Waals surface area contributed by atoms with Crippen molar-refractivity contribution in [1.82, 2.24) is 5.16 Å². The van der Waals surface area contributed by atoms with Crippen molar-refractivity contribution in [3.05, 3.63) is 46.7 Å². The van der Waals surface area contributed by atoms with Gasteiger partial charge in [-0.1, -0.05) is 17.3 Å². The Morgan fingerprint density at radius 2 is 2.00 bits per heavy atom. The number of nitrogens with zero attached hydrogens (tertiary/aromatic N) is 1. The summed E-state index contributed by atoms with van der Waals surface area (Å²) in [7, 11) is 0. The first kappa shape index (κ1) is 20.1. The van der Waals surface area contributed by atoms with Gasteiger partial charge in [-0.3, -0.25) is 14.4 Å². The summed E-state index contributed by atoms with van der Waals surface area (Å²) in [5.41, 5.74) is 3.06. The van der Waals surface area contributed by atoms with Crippen LogP contribution in [0.25, 0.3) is 0 Å². The second-order valence-electron chi connectivity index (χ2n) is 6.70. The molecule has 1 amide bonds. The number of carbonyl (C=O) groups excluding carboxylic acids is 3. The molecule has 2 aromatic rings. The van der Waals surface area contributed by atoms with Crippen LogP contribution in [0.2, 0.25) is 0 Å². The van der Waals surface area contributed by atoms with E-state index in [2.05, 4.69) is 10.5 Å². The maximum Gasteiger partial charge on any atom is 0.316 e. The van der Waals surface area contributed by atoms with Crippen LogP contribution >= 0.6 is 11.8 Å². The zero-order valence-corrected chi connectivity index (χ0v) is 16.6. The van der Waals surface area contributed by atoms with E-state index in [0.717, 1.165) is 31.0 Å². The smallest absolute Gasteiger partial charge is 0.316 e. The van der Waals surface area contributed by atoms with Crippen LogP contribution in [-0.4, -0.2) is 40.4 Å². The van der Waals surface area contributed by atoms with Crippen LogP contribution in [0.3, 0.4) is 0 Å². The van der Waals surface area contributed by atoms with Crippen molar-refractivity contribution in [3.8, 4) is 0 Å². The summed E-state index contributed by atoms with van der Waals surface area (Å²) >= 11 is 1.11. The van der Waals surface area contributed by atoms with Gasteiger partial charge in [0.05, 0.1) is 11.5 Å². The highest BCUT2D eigenvalue weighted by Crippen LogP contribution is 2.23. The fourth-order valence-electron chi connectivity index (χ4n) is 3.08. The number of thioether (sulfide) groups is 1. The monoisotopic (exact) mass is 402 g/mol. The Morgan fingerprint density at radius 1 is 1.21 bits per heavy atom. The number of amides is 1. The highest BCUT2D eigenvalue weighted by Gasteiger charge is 2.21. The summed E-state index contributed by atoms with van der Waals surface area (Å²) in [5.74, 6) is -0.0771. The van der Waals surface area contributed by atoms with E-state index in [4.69, 9.17) is 9.26 Å². The molecule has 3 rings (SSSR count). The van der Waals surface area contributed by atoms with Gasteiger partial charge in [0, 0.05) is 11.6 Å². The number of Topliss-reactive ketones (excluding diaryl/α,β-unsaturated/α-hetero) is 1. The number of ether oxygens (including phenoxy) is 1. The number of aryl methyl sites for hydroxylation is 3. The van der Waals surface area contributed by atoms with Crippen LogP contribution in [0.15, 0.2) is 28.8 Å². The first-order valence-electron chi connectivity index (χ1n) is 9.09. The number of hydrogen-bond donors (Lipinski definition) is 1. The van der Waals surface area contributed by atoms with Gasteiger partial charge in [0.2, 0.25) is 11.7 Å². The number of aromatic nitrogens is 1. The molecule has 1 aliphatic rings. The summed E-state index contributed by atoms with van der Waals surface area (Å²) in [6.07, 6.45) is 2.28. The van der Waals surface area contributed by atoms with E-state index < -0.39 is 12.1 Å². The van der Waals surface area contributed by atoms with Gasteiger partial charge >= 0.3 is 5.97 Å². The highest BCUT2D eigenvalue weighted by molar-refractivity contribution is 8.00. The molecule has 1 aliphatic carbocycles. The molecule has 8 heteroatoms. The van der Waals surface area contributed by atoms with Gasteiger partial charge in [-0.05, 0) is 50.3 Å². The molecule has 1 aromatic carbocycles. The van der Waals surface area contributed by atoms with Crippen LogP contribution in [0.4, 0.5) is 5.82 Å². The van der Waals surface area contributed by atoms with Crippen molar-refractivity contribution in [2.75, 3.05) is 16.8 Å². The number of esters is 1. The van der Waals surface area contributed by atoms with Crippen LogP contribution in [0.5, 0.6) is 0 Å². The van der Waals surface area contributed by atoms with Crippen molar-refractivity contribution in [2.24, 2.45) is 0 Å². The summed E-state index contributed by atoms with van der Waals surface area (Å²) < 4.78 is 10.1. The molecule has 0 unspecified atom stereocenters. The second kappa shape index (κ2) is 9.05. The van der Waals surface area contributed by atoms with Gasteiger partial charge in [-0.25, -0.2) is 0 Å². The Kier molecular flexibility index (Phi) is 6.51. The predicted molar refractivity (Wildman–Crippen MR) is 106 cm³/mol. The number of hydrogen-bond acceptors (Lipinski definition) is 7. The highest BCUT2D eigenvalue weighted by atomic mass is 32.2. The third-order valence-corrected chi connectivity index (χ3v) is 5.32. The largest absolute Gasteiger partial charge is 0.454 e. The van der Waals surface area contributed by atoms with Crippen LogP contribution < -0.4 is 5.32 Å². The number of fused-ring (bicyclic) bond motifs is 1. The maximum absolute atomic E-state index is 12.5. The molecule has 0 fully saturated rings. The SMILES string of the molecule is Cc1cc(NC(=O)CSCC(=O)O[C@H](C)C(=O)c2ccc3c(c2)CCC3)no1. The molecule has 1 N–H and O–H groups in total. The first-order valence-corrected chi connectivity index (χ1v) is 10.2. The van der Waals surface area contributed by atoms with Gasteiger partial charge in [0.25, 0.3) is 0 Å². The van der Waals surface area contributed by atoms with Gasteiger partial charge in [0.15, 0.2) is 11.9 Å². The fourth-order valence-corrected chi connectivity index (χ4v) is 3.67. The quantitative estimate of drug-likeness (QED) is 0.535. The van der Waals surface area contributed by atoms with E-state index in [1.807, 2.05) is 12.1 Å². The van der Waals surface area contributed by atoms with Crippen LogP contribution in [-0.2, 0) is 27.2 Å². The van der Waals surface area contributed by atoms with Gasteiger partial charge in [-0.2, -0.15) is 0 Å². The molecule has 7 nitrogen and oxygen atoms in total. The average Bonchev–Trinajstić information content (AvgIpc) is 3.28. The molecule has 0 bridgehead atoms. The number of carbonyl (C=O) groups is 3. The molecule has 1 heterocycles. The molecule has 0 saturated carbocycles. The van der Waals surface area contributed by atoms with Crippen LogP contribution in [0.1, 0.15) is 40.6 Å². The van der Waals surface area contributed by atoms with E-state index >= 15 is 0 Å². The lowest BCUT2D eigenvalue weighted by Crippen LogP contribution is -2.26. The molecular formula is C20H22N2O5S. The molecular weight excluding hydrogens is 380 g/mol. The molecule has 1 aromatic heterocycles. The first-order chi connectivity index (χ1) is 13.4. The zero-order chi connectivity index (χ0) is 20.1. The normalized spacial score (nSPS) is 13.6. The van der Waals surface area contributed by atoms with Crippen LogP contribution in [0, 0.1) is 6.92 Å². The average molecular weight is 402 g/mol. The molecule has 0 spiro atoms. The van der Waals surface area contributed by atoms with Gasteiger partial charge in [0.1, 0.15) is 5.76 Å². The zero-order valence-electron chi connectivity index (χ0n) is 15.8. The maximum atomic E-state index is 12.5. The predicted octanol–water partition coefficient (Wildman–Crippen LogP) is 2.96. The van der Waals surface area contributed by atoms with Crippen molar-refractivity contribution in [1.29, 1.82) is 0 Å². The van der Waals surface area contributed by atoms with Gasteiger partial charge < -0.3 is 14.6 Å². The van der Waals surface area contributed by atoms with E-state index in [9.17, 15) is 14.4 Å². The minimum absolute atomic E-state index is 0.0208. The summed E-state index contributed by atoms with van der Waals surface area (Å²) in [4.78, 5) is 36.3. The lowest BCUT2D eigenvalue weighted by molar-refractivity contribution is -0.143. The number of benzene rings is 1. The second-order valence-corrected chi connectivity index (χ2v) is 7.68. The fraction of sp³-hybridized carbons (Fsp3) is 0.400. The number of anilines is 1. The summed E-state index contributed by atoms with van der Waals surface area (Å²) in [6.45, 7) is 3.29. The molecule has 0 aliphatic heterocycles. The Balaban J connectivity index is 1.41. The van der Waals surface area contributed by atoms with E-state index in [1.54, 1.807) is 26.0 Å². The van der Waals surface area contributed by atoms with Crippen molar-refractivity contribution < 1.29 is 23.6 Å². The molecule has 148 valence electrons. The Hall–Kier alpha value is -2.61. The lowest BCUT2D eigenvalue weighted by Gasteiger charge is -2.13. The molecule has 0 saturated heterocycles.